The van der Waals surface area contributed by atoms with Gasteiger partial charge in [0.25, 0.3) is 0 Å². The van der Waals surface area contributed by atoms with Crippen molar-refractivity contribution >= 4 is 0 Å². The van der Waals surface area contributed by atoms with Crippen LogP contribution < -0.4 is 14.8 Å². The van der Waals surface area contributed by atoms with Gasteiger partial charge in [-0.1, -0.05) is 18.2 Å². The van der Waals surface area contributed by atoms with Crippen LogP contribution in [0.3, 0.4) is 0 Å². The summed E-state index contributed by atoms with van der Waals surface area (Å²) in [4.78, 5) is 4.13. The number of nitrogens with one attached hydrogen (secondary N) is 1. The molecular formula is C16H18N2O2. The lowest BCUT2D eigenvalue weighted by Gasteiger charge is -2.27. The number of hydrogen-bond donors (Lipinski definition) is 1. The average molecular weight is 270 g/mol. The maximum absolute atomic E-state index is 5.92. The van der Waals surface area contributed by atoms with Crippen molar-refractivity contribution in [1.82, 2.24) is 10.3 Å². The van der Waals surface area contributed by atoms with Crippen molar-refractivity contribution in [1.29, 1.82) is 0 Å². The summed E-state index contributed by atoms with van der Waals surface area (Å²) in [7, 11) is 0. The lowest BCUT2D eigenvalue weighted by Crippen LogP contribution is -2.39. The second kappa shape index (κ2) is 5.92. The number of rotatable bonds is 4. The van der Waals surface area contributed by atoms with Gasteiger partial charge in [-0.05, 0) is 30.7 Å². The van der Waals surface area contributed by atoms with E-state index in [4.69, 9.17) is 9.47 Å². The van der Waals surface area contributed by atoms with Crippen molar-refractivity contribution in [3.05, 3.63) is 54.4 Å². The van der Waals surface area contributed by atoms with Crippen molar-refractivity contribution in [2.75, 3.05) is 13.2 Å². The van der Waals surface area contributed by atoms with Crippen molar-refractivity contribution in [2.45, 2.75) is 19.1 Å². The van der Waals surface area contributed by atoms with Gasteiger partial charge in [0.2, 0.25) is 0 Å². The number of para-hydroxylation sites is 2. The highest BCUT2D eigenvalue weighted by Crippen LogP contribution is 2.30. The first-order valence-corrected chi connectivity index (χ1v) is 6.85. The quantitative estimate of drug-likeness (QED) is 0.927. The lowest BCUT2D eigenvalue weighted by molar-refractivity contribution is 0.0886. The summed E-state index contributed by atoms with van der Waals surface area (Å²) in [5.74, 6) is 1.64. The molecule has 0 aliphatic carbocycles. The summed E-state index contributed by atoms with van der Waals surface area (Å²) in [6.45, 7) is 3.43. The number of fused-ring (bicyclic) bond motifs is 1. The average Bonchev–Trinajstić information content (AvgIpc) is 2.53. The van der Waals surface area contributed by atoms with E-state index in [1.165, 1.54) is 5.56 Å². The third-order valence-corrected chi connectivity index (χ3v) is 3.40. The molecule has 0 saturated heterocycles. The van der Waals surface area contributed by atoms with Crippen LogP contribution in [0.15, 0.2) is 48.8 Å². The number of ether oxygens (including phenoxy) is 2. The summed E-state index contributed by atoms with van der Waals surface area (Å²) >= 11 is 0. The fraction of sp³-hybridized carbons (Fsp3) is 0.312. The minimum atomic E-state index is 0.0315. The molecule has 1 N–H and O–H groups in total. The number of nitrogens with zero attached hydrogens (tertiary/aromatic N) is 1. The Kier molecular flexibility index (Phi) is 3.83. The van der Waals surface area contributed by atoms with Crippen LogP contribution in [0.5, 0.6) is 11.5 Å². The molecule has 0 unspecified atom stereocenters. The zero-order chi connectivity index (χ0) is 13.8. The summed E-state index contributed by atoms with van der Waals surface area (Å²) in [5.41, 5.74) is 1.17. The van der Waals surface area contributed by atoms with Gasteiger partial charge in [0.15, 0.2) is 11.5 Å². The molecule has 0 radical (unpaired) electrons. The van der Waals surface area contributed by atoms with Crippen LogP contribution in [-0.4, -0.2) is 24.2 Å². The van der Waals surface area contributed by atoms with E-state index in [0.717, 1.165) is 18.0 Å². The zero-order valence-corrected chi connectivity index (χ0v) is 11.5. The van der Waals surface area contributed by atoms with E-state index < -0.39 is 0 Å². The fourth-order valence-corrected chi connectivity index (χ4v) is 2.22. The maximum Gasteiger partial charge on any atom is 0.161 e. The number of aromatic nitrogens is 1. The highest BCUT2D eigenvalue weighted by Gasteiger charge is 2.20. The topological polar surface area (TPSA) is 43.4 Å². The summed E-state index contributed by atoms with van der Waals surface area (Å²) in [6.07, 6.45) is 3.69. The van der Waals surface area contributed by atoms with E-state index in [0.29, 0.717) is 6.61 Å². The fourth-order valence-electron chi connectivity index (χ4n) is 2.22. The Bertz CT molecular complexity index is 559. The van der Waals surface area contributed by atoms with Gasteiger partial charge in [-0.2, -0.15) is 0 Å². The van der Waals surface area contributed by atoms with Gasteiger partial charge in [0, 0.05) is 25.0 Å². The Balaban J connectivity index is 1.55. The third kappa shape index (κ3) is 2.91. The minimum absolute atomic E-state index is 0.0315. The van der Waals surface area contributed by atoms with E-state index >= 15 is 0 Å². The van der Waals surface area contributed by atoms with Crippen LogP contribution in [-0.2, 0) is 0 Å². The molecule has 1 aliphatic heterocycles. The molecule has 2 atom stereocenters. The van der Waals surface area contributed by atoms with Crippen LogP contribution in [0, 0.1) is 0 Å². The Labute approximate surface area is 118 Å². The molecule has 1 aromatic carbocycles. The minimum Gasteiger partial charge on any atom is -0.486 e. The van der Waals surface area contributed by atoms with Crippen LogP contribution in [0.25, 0.3) is 0 Å². The molecule has 0 spiro atoms. The van der Waals surface area contributed by atoms with Gasteiger partial charge in [0.05, 0.1) is 0 Å². The Morgan fingerprint density at radius 1 is 1.25 bits per heavy atom. The lowest BCUT2D eigenvalue weighted by atomic mass is 10.1. The molecule has 20 heavy (non-hydrogen) atoms. The van der Waals surface area contributed by atoms with Crippen LogP contribution >= 0.6 is 0 Å². The van der Waals surface area contributed by atoms with Gasteiger partial charge < -0.3 is 14.8 Å². The van der Waals surface area contributed by atoms with Gasteiger partial charge in [-0.25, -0.2) is 0 Å². The standard InChI is InChI=1S/C16H18N2O2/c1-12(13-5-4-8-17-9-13)18-10-14-11-19-15-6-2-3-7-16(15)20-14/h2-9,12,14,18H,10-11H2,1H3/t12-,14+/m0/s1. The van der Waals surface area contributed by atoms with Crippen molar-refractivity contribution in [2.24, 2.45) is 0 Å². The van der Waals surface area contributed by atoms with Crippen molar-refractivity contribution in [3.8, 4) is 11.5 Å². The van der Waals surface area contributed by atoms with E-state index in [2.05, 4.69) is 23.3 Å². The van der Waals surface area contributed by atoms with Crippen LogP contribution in [0.4, 0.5) is 0 Å². The maximum atomic E-state index is 5.92. The first-order valence-electron chi connectivity index (χ1n) is 6.85. The largest absolute Gasteiger partial charge is 0.486 e. The second-order valence-corrected chi connectivity index (χ2v) is 4.91. The molecule has 3 rings (SSSR count). The smallest absolute Gasteiger partial charge is 0.161 e. The highest BCUT2D eigenvalue weighted by atomic mass is 16.6. The van der Waals surface area contributed by atoms with E-state index in [1.807, 2.05) is 36.5 Å². The molecule has 2 aromatic rings. The predicted octanol–water partition coefficient (Wildman–Crippen LogP) is 2.57. The normalized spacial score (nSPS) is 18.6. The zero-order valence-electron chi connectivity index (χ0n) is 11.5. The van der Waals surface area contributed by atoms with E-state index in [9.17, 15) is 0 Å². The molecule has 2 heterocycles. The van der Waals surface area contributed by atoms with Gasteiger partial charge in [0.1, 0.15) is 12.7 Å². The van der Waals surface area contributed by atoms with Crippen molar-refractivity contribution < 1.29 is 9.47 Å². The molecular weight excluding hydrogens is 252 g/mol. The van der Waals surface area contributed by atoms with Gasteiger partial charge in [-0.15, -0.1) is 0 Å². The molecule has 0 fully saturated rings. The molecule has 4 nitrogen and oxygen atoms in total. The highest BCUT2D eigenvalue weighted by molar-refractivity contribution is 5.40. The SMILES string of the molecule is C[C@H](NC[C@@H]1COc2ccccc2O1)c1cccnc1. The van der Waals surface area contributed by atoms with E-state index in [-0.39, 0.29) is 12.1 Å². The van der Waals surface area contributed by atoms with Gasteiger partial charge >= 0.3 is 0 Å². The molecule has 0 amide bonds. The molecule has 1 aliphatic rings. The Morgan fingerprint density at radius 3 is 2.90 bits per heavy atom. The Hall–Kier alpha value is -2.07. The van der Waals surface area contributed by atoms with Crippen molar-refractivity contribution in [3.63, 3.8) is 0 Å². The van der Waals surface area contributed by atoms with Crippen LogP contribution in [0.1, 0.15) is 18.5 Å². The molecule has 0 saturated carbocycles. The molecule has 1 aromatic heterocycles. The first kappa shape index (κ1) is 12.9. The molecule has 104 valence electrons. The van der Waals surface area contributed by atoms with Crippen LogP contribution in [0.2, 0.25) is 0 Å². The molecule has 4 heteroatoms. The second-order valence-electron chi connectivity index (χ2n) is 4.91. The molecule has 0 bridgehead atoms. The monoisotopic (exact) mass is 270 g/mol. The summed E-state index contributed by atoms with van der Waals surface area (Å²) in [5, 5.41) is 3.45. The number of benzene rings is 1. The number of hydrogen-bond acceptors (Lipinski definition) is 4. The predicted molar refractivity (Wildman–Crippen MR) is 77.0 cm³/mol. The first-order chi connectivity index (χ1) is 9.83. The summed E-state index contributed by atoms with van der Waals surface area (Å²) < 4.78 is 11.6. The third-order valence-electron chi connectivity index (χ3n) is 3.40. The Morgan fingerprint density at radius 2 is 2.10 bits per heavy atom. The number of pyridine rings is 1. The summed E-state index contributed by atoms with van der Waals surface area (Å²) in [6, 6.07) is 12.0. The van der Waals surface area contributed by atoms with E-state index in [1.54, 1.807) is 6.20 Å². The van der Waals surface area contributed by atoms with Gasteiger partial charge in [-0.3, -0.25) is 4.98 Å².